The highest BCUT2D eigenvalue weighted by Gasteiger charge is 2.30. The lowest BCUT2D eigenvalue weighted by Gasteiger charge is -2.21. The number of amides is 4. The lowest BCUT2D eigenvalue weighted by atomic mass is 10.1. The first kappa shape index (κ1) is 21.1. The number of nitrogens with one attached hydrogen (secondary N) is 3. The smallest absolute Gasteiger partial charge is 0.321 e. The Hall–Kier alpha value is -3.19. The second kappa shape index (κ2) is 9.75. The van der Waals surface area contributed by atoms with Crippen LogP contribution in [0.4, 0.5) is 4.79 Å². The molecule has 7 heteroatoms. The van der Waals surface area contributed by atoms with Gasteiger partial charge >= 0.3 is 6.03 Å². The molecular weight excluding hydrogens is 392 g/mol. The first-order valence-corrected chi connectivity index (χ1v) is 10.8. The summed E-state index contributed by atoms with van der Waals surface area (Å²) in [6.45, 7) is 1.13. The molecule has 0 atom stereocenters. The highest BCUT2D eigenvalue weighted by atomic mass is 16.2. The number of carbonyl (C=O) groups excluding carboxylic acids is 3. The van der Waals surface area contributed by atoms with Crippen LogP contribution in [-0.2, 0) is 17.9 Å². The van der Waals surface area contributed by atoms with E-state index < -0.39 is 6.03 Å². The van der Waals surface area contributed by atoms with Gasteiger partial charge in [-0.15, -0.1) is 0 Å². The Morgan fingerprint density at radius 3 is 2.23 bits per heavy atom. The number of carbonyl (C=O) groups is 3. The normalized spacial score (nSPS) is 15.4. The number of rotatable bonds is 9. The van der Waals surface area contributed by atoms with Gasteiger partial charge in [-0.2, -0.15) is 0 Å². The number of hydrogen-bond acceptors (Lipinski definition) is 4. The van der Waals surface area contributed by atoms with E-state index in [0.29, 0.717) is 30.7 Å². The molecule has 2 aliphatic rings. The summed E-state index contributed by atoms with van der Waals surface area (Å²) in [5.74, 6) is -0.355. The molecule has 0 heterocycles. The number of hydrogen-bond donors (Lipinski definition) is 3. The average molecular weight is 421 g/mol. The Morgan fingerprint density at radius 2 is 1.58 bits per heavy atom. The standard InChI is InChI=1S/C24H28N4O3/c29-22(27-24(31)25-14-17-4-2-1-3-5-17)16-28(21-12-13-21)15-18-6-8-19(9-7-18)23(30)26-20-10-11-20/h1-9,20-21H,10-16H2,(H,26,30)(H2,25,27,29,31). The Labute approximate surface area is 182 Å². The van der Waals surface area contributed by atoms with Crippen molar-refractivity contribution < 1.29 is 14.4 Å². The summed E-state index contributed by atoms with van der Waals surface area (Å²) in [5, 5.41) is 8.10. The van der Waals surface area contributed by atoms with E-state index in [9.17, 15) is 14.4 Å². The van der Waals surface area contributed by atoms with Crippen LogP contribution in [0.5, 0.6) is 0 Å². The van der Waals surface area contributed by atoms with Gasteiger partial charge in [-0.25, -0.2) is 4.79 Å². The van der Waals surface area contributed by atoms with Crippen molar-refractivity contribution >= 4 is 17.8 Å². The van der Waals surface area contributed by atoms with Crippen molar-refractivity contribution in [2.75, 3.05) is 6.54 Å². The van der Waals surface area contributed by atoms with E-state index in [1.165, 1.54) is 0 Å². The van der Waals surface area contributed by atoms with E-state index in [1.54, 1.807) is 0 Å². The third-order valence-electron chi connectivity index (χ3n) is 5.47. The first-order chi connectivity index (χ1) is 15.1. The fraction of sp³-hybridized carbons (Fsp3) is 0.375. The number of imide groups is 1. The van der Waals surface area contributed by atoms with E-state index in [1.807, 2.05) is 54.6 Å². The maximum absolute atomic E-state index is 12.4. The largest absolute Gasteiger partial charge is 0.349 e. The average Bonchev–Trinajstić information content (AvgIpc) is 3.68. The van der Waals surface area contributed by atoms with Crippen LogP contribution in [0.25, 0.3) is 0 Å². The molecule has 0 saturated heterocycles. The second-order valence-corrected chi connectivity index (χ2v) is 8.30. The third kappa shape index (κ3) is 6.65. The van der Waals surface area contributed by atoms with E-state index >= 15 is 0 Å². The molecule has 0 radical (unpaired) electrons. The molecule has 2 aromatic rings. The quantitative estimate of drug-likeness (QED) is 0.582. The van der Waals surface area contributed by atoms with Gasteiger partial charge in [0, 0.05) is 30.7 Å². The van der Waals surface area contributed by atoms with E-state index in [-0.39, 0.29) is 18.4 Å². The summed E-state index contributed by atoms with van der Waals surface area (Å²) in [6, 6.07) is 17.3. The van der Waals surface area contributed by atoms with Crippen molar-refractivity contribution in [2.24, 2.45) is 0 Å². The van der Waals surface area contributed by atoms with Crippen molar-refractivity contribution in [2.45, 2.75) is 50.9 Å². The molecular formula is C24H28N4O3. The molecule has 2 saturated carbocycles. The van der Waals surface area contributed by atoms with Gasteiger partial charge in [-0.3, -0.25) is 19.8 Å². The van der Waals surface area contributed by atoms with E-state index in [4.69, 9.17) is 0 Å². The summed E-state index contributed by atoms with van der Waals surface area (Å²) in [7, 11) is 0. The summed E-state index contributed by atoms with van der Waals surface area (Å²) in [5.41, 5.74) is 2.66. The molecule has 4 amide bonds. The van der Waals surface area contributed by atoms with Crippen molar-refractivity contribution in [1.29, 1.82) is 0 Å². The van der Waals surface area contributed by atoms with Gasteiger partial charge in [0.25, 0.3) is 5.91 Å². The fourth-order valence-corrected chi connectivity index (χ4v) is 3.42. The lowest BCUT2D eigenvalue weighted by Crippen LogP contribution is -2.44. The number of urea groups is 1. The first-order valence-electron chi connectivity index (χ1n) is 10.8. The molecule has 2 fully saturated rings. The minimum Gasteiger partial charge on any atom is -0.349 e. The van der Waals surface area contributed by atoms with Crippen LogP contribution < -0.4 is 16.0 Å². The van der Waals surface area contributed by atoms with Gasteiger partial charge in [-0.1, -0.05) is 42.5 Å². The van der Waals surface area contributed by atoms with Gasteiger partial charge in [0.15, 0.2) is 0 Å². The zero-order valence-electron chi connectivity index (χ0n) is 17.5. The molecule has 31 heavy (non-hydrogen) atoms. The zero-order chi connectivity index (χ0) is 21.6. The molecule has 2 aromatic carbocycles. The van der Waals surface area contributed by atoms with Crippen LogP contribution in [0.3, 0.4) is 0 Å². The Bertz CT molecular complexity index is 922. The molecule has 0 unspecified atom stereocenters. The topological polar surface area (TPSA) is 90.5 Å². The SMILES string of the molecule is O=C(CN(Cc1ccc(C(=O)NC2CC2)cc1)C1CC1)NC(=O)NCc1ccccc1. The Kier molecular flexibility index (Phi) is 6.62. The summed E-state index contributed by atoms with van der Waals surface area (Å²) in [6.07, 6.45) is 4.23. The van der Waals surface area contributed by atoms with Crippen LogP contribution in [0.15, 0.2) is 54.6 Å². The van der Waals surface area contributed by atoms with Gasteiger partial charge in [0.1, 0.15) is 0 Å². The zero-order valence-corrected chi connectivity index (χ0v) is 17.5. The third-order valence-corrected chi connectivity index (χ3v) is 5.47. The minimum absolute atomic E-state index is 0.0333. The van der Waals surface area contributed by atoms with Crippen LogP contribution in [-0.4, -0.2) is 41.4 Å². The number of nitrogens with zero attached hydrogens (tertiary/aromatic N) is 1. The van der Waals surface area contributed by atoms with E-state index in [0.717, 1.165) is 36.8 Å². The van der Waals surface area contributed by atoms with E-state index in [2.05, 4.69) is 20.9 Å². The Balaban J connectivity index is 1.25. The molecule has 0 aromatic heterocycles. The van der Waals surface area contributed by atoms with Gasteiger partial charge in [0.2, 0.25) is 5.91 Å². The highest BCUT2D eigenvalue weighted by molar-refractivity contribution is 5.95. The van der Waals surface area contributed by atoms with Crippen LogP contribution in [0, 0.1) is 0 Å². The summed E-state index contributed by atoms with van der Waals surface area (Å²) in [4.78, 5) is 38.6. The monoisotopic (exact) mass is 420 g/mol. The lowest BCUT2D eigenvalue weighted by molar-refractivity contribution is -0.121. The molecule has 0 aliphatic heterocycles. The molecule has 0 spiro atoms. The van der Waals surface area contributed by atoms with Crippen molar-refractivity contribution in [3.05, 3.63) is 71.3 Å². The fourth-order valence-electron chi connectivity index (χ4n) is 3.42. The summed E-state index contributed by atoms with van der Waals surface area (Å²) >= 11 is 0. The predicted molar refractivity (Wildman–Crippen MR) is 117 cm³/mol. The van der Waals surface area contributed by atoms with Gasteiger partial charge in [0.05, 0.1) is 6.54 Å². The number of benzene rings is 2. The maximum Gasteiger partial charge on any atom is 0.321 e. The predicted octanol–water partition coefficient (Wildman–Crippen LogP) is 2.57. The Morgan fingerprint density at radius 1 is 0.871 bits per heavy atom. The van der Waals surface area contributed by atoms with Crippen molar-refractivity contribution in [3.63, 3.8) is 0 Å². The molecule has 162 valence electrons. The van der Waals surface area contributed by atoms with Gasteiger partial charge < -0.3 is 10.6 Å². The molecule has 7 nitrogen and oxygen atoms in total. The van der Waals surface area contributed by atoms with Gasteiger partial charge in [-0.05, 0) is 48.9 Å². The highest BCUT2D eigenvalue weighted by Crippen LogP contribution is 2.28. The van der Waals surface area contributed by atoms with Crippen LogP contribution in [0.2, 0.25) is 0 Å². The molecule has 4 rings (SSSR count). The van der Waals surface area contributed by atoms with Crippen molar-refractivity contribution in [3.8, 4) is 0 Å². The minimum atomic E-state index is -0.490. The van der Waals surface area contributed by atoms with Crippen molar-refractivity contribution in [1.82, 2.24) is 20.9 Å². The second-order valence-electron chi connectivity index (χ2n) is 8.30. The summed E-state index contributed by atoms with van der Waals surface area (Å²) < 4.78 is 0. The molecule has 0 bridgehead atoms. The van der Waals surface area contributed by atoms with Crippen LogP contribution >= 0.6 is 0 Å². The molecule has 2 aliphatic carbocycles. The maximum atomic E-state index is 12.4. The molecule has 3 N–H and O–H groups in total. The van der Waals surface area contributed by atoms with Crippen LogP contribution in [0.1, 0.15) is 47.2 Å².